The van der Waals surface area contributed by atoms with E-state index in [9.17, 15) is 4.79 Å². The van der Waals surface area contributed by atoms with Gasteiger partial charge in [0.25, 0.3) is 0 Å². The minimum absolute atomic E-state index is 0.146. The number of halogens is 2. The van der Waals surface area contributed by atoms with Gasteiger partial charge < -0.3 is 10.5 Å². The molecule has 0 fully saturated rings. The van der Waals surface area contributed by atoms with Gasteiger partial charge in [-0.05, 0) is 34.7 Å². The Morgan fingerprint density at radius 3 is 2.89 bits per heavy atom. The molecular weight excluding hydrogens is 387 g/mol. The second kappa shape index (κ2) is 5.41. The maximum atomic E-state index is 11.4. The molecule has 0 aliphatic heterocycles. The smallest absolute Gasteiger partial charge is 0.359 e. The average molecular weight is 395 g/mol. The first-order chi connectivity index (χ1) is 8.52. The topological polar surface area (TPSA) is 65.2 Å². The van der Waals surface area contributed by atoms with Gasteiger partial charge in [0.1, 0.15) is 10.0 Å². The Hall–Kier alpha value is -0.860. The van der Waals surface area contributed by atoms with Crippen molar-refractivity contribution in [2.45, 2.75) is 0 Å². The number of nitrogens with two attached hydrogens (primary N) is 1. The maximum Gasteiger partial charge on any atom is 0.359 e. The molecule has 7 heteroatoms. The summed E-state index contributed by atoms with van der Waals surface area (Å²) in [5.41, 5.74) is 6.72. The number of hydrogen-bond donors (Lipinski definition) is 1. The molecule has 18 heavy (non-hydrogen) atoms. The molecular formula is C11H8ClIN2O2S. The molecule has 0 unspecified atom stereocenters. The van der Waals surface area contributed by atoms with Crippen LogP contribution in [0.25, 0.3) is 10.6 Å². The van der Waals surface area contributed by atoms with Gasteiger partial charge in [0.2, 0.25) is 0 Å². The third-order valence-electron chi connectivity index (χ3n) is 2.20. The van der Waals surface area contributed by atoms with E-state index in [2.05, 4.69) is 32.3 Å². The van der Waals surface area contributed by atoms with Crippen molar-refractivity contribution in [3.05, 3.63) is 32.5 Å². The number of nitrogens with zero attached hydrogens (tertiary/aromatic N) is 1. The summed E-state index contributed by atoms with van der Waals surface area (Å²) in [5, 5.41) is 1.62. The Morgan fingerprint density at radius 1 is 1.56 bits per heavy atom. The Morgan fingerprint density at radius 2 is 2.28 bits per heavy atom. The van der Waals surface area contributed by atoms with Crippen molar-refractivity contribution in [3.8, 4) is 10.6 Å². The highest BCUT2D eigenvalue weighted by Gasteiger charge is 2.17. The van der Waals surface area contributed by atoms with Gasteiger partial charge in [0.15, 0.2) is 5.69 Å². The predicted octanol–water partition coefficient (Wildman–Crippen LogP) is 3.44. The average Bonchev–Trinajstić information content (AvgIpc) is 2.74. The normalized spacial score (nSPS) is 10.4. The molecule has 0 bridgehead atoms. The lowest BCUT2D eigenvalue weighted by molar-refractivity contribution is 0.0596. The number of methoxy groups -OCH3 is 1. The van der Waals surface area contributed by atoms with E-state index < -0.39 is 5.97 Å². The summed E-state index contributed by atoms with van der Waals surface area (Å²) in [6.45, 7) is 0. The molecule has 2 N–H and O–H groups in total. The van der Waals surface area contributed by atoms with Gasteiger partial charge in [-0.3, -0.25) is 0 Å². The van der Waals surface area contributed by atoms with Gasteiger partial charge in [0, 0.05) is 9.13 Å². The third-order valence-corrected chi connectivity index (χ3v) is 4.70. The quantitative estimate of drug-likeness (QED) is 0.626. The van der Waals surface area contributed by atoms with Crippen LogP contribution in [0.4, 0.5) is 5.00 Å². The Kier molecular flexibility index (Phi) is 4.08. The summed E-state index contributed by atoms with van der Waals surface area (Å²) in [4.78, 5) is 15.6. The summed E-state index contributed by atoms with van der Waals surface area (Å²) >= 11 is 9.42. The summed E-state index contributed by atoms with van der Waals surface area (Å²) in [7, 11) is 1.29. The SMILES string of the molecule is COC(=O)c1nc(-c2ccc(I)c(Cl)c2)sc1N. The van der Waals surface area contributed by atoms with E-state index in [-0.39, 0.29) is 5.69 Å². The van der Waals surface area contributed by atoms with Crippen LogP contribution in [-0.2, 0) is 4.74 Å². The lowest BCUT2D eigenvalue weighted by atomic mass is 10.2. The minimum Gasteiger partial charge on any atom is -0.464 e. The molecule has 0 amide bonds. The first kappa shape index (κ1) is 13.6. The highest BCUT2D eigenvalue weighted by molar-refractivity contribution is 14.1. The van der Waals surface area contributed by atoms with E-state index in [1.807, 2.05) is 12.1 Å². The van der Waals surface area contributed by atoms with Crippen LogP contribution in [0.15, 0.2) is 18.2 Å². The van der Waals surface area contributed by atoms with Gasteiger partial charge in [-0.25, -0.2) is 9.78 Å². The first-order valence-electron chi connectivity index (χ1n) is 4.83. The molecule has 4 nitrogen and oxygen atoms in total. The maximum absolute atomic E-state index is 11.4. The van der Waals surface area contributed by atoms with Crippen LogP contribution in [0.2, 0.25) is 5.02 Å². The predicted molar refractivity (Wildman–Crippen MR) is 81.0 cm³/mol. The van der Waals surface area contributed by atoms with Crippen LogP contribution in [0, 0.1) is 3.57 Å². The van der Waals surface area contributed by atoms with E-state index in [1.165, 1.54) is 18.4 Å². The largest absolute Gasteiger partial charge is 0.464 e. The summed E-state index contributed by atoms with van der Waals surface area (Å²) in [6.07, 6.45) is 0. The number of benzene rings is 1. The molecule has 1 aromatic heterocycles. The lowest BCUT2D eigenvalue weighted by Gasteiger charge is -1.99. The van der Waals surface area contributed by atoms with Crippen LogP contribution in [-0.4, -0.2) is 18.1 Å². The fourth-order valence-electron chi connectivity index (χ4n) is 1.33. The number of esters is 1. The number of carbonyl (C=O) groups is 1. The van der Waals surface area contributed by atoms with E-state index in [0.29, 0.717) is 15.0 Å². The van der Waals surface area contributed by atoms with Gasteiger partial charge >= 0.3 is 5.97 Å². The van der Waals surface area contributed by atoms with Crippen LogP contribution in [0.1, 0.15) is 10.5 Å². The molecule has 2 aromatic rings. The van der Waals surface area contributed by atoms with Crippen molar-refractivity contribution in [1.82, 2.24) is 4.98 Å². The lowest BCUT2D eigenvalue weighted by Crippen LogP contribution is -2.04. The van der Waals surface area contributed by atoms with Crippen molar-refractivity contribution in [1.29, 1.82) is 0 Å². The zero-order chi connectivity index (χ0) is 13.3. The number of aromatic nitrogens is 1. The molecule has 0 radical (unpaired) electrons. The number of hydrogen-bond acceptors (Lipinski definition) is 5. The van der Waals surface area contributed by atoms with Crippen molar-refractivity contribution in [2.24, 2.45) is 0 Å². The molecule has 1 aromatic carbocycles. The van der Waals surface area contributed by atoms with Gasteiger partial charge in [-0.15, -0.1) is 0 Å². The van der Waals surface area contributed by atoms with Crippen molar-refractivity contribution in [2.75, 3.05) is 12.8 Å². The van der Waals surface area contributed by atoms with Gasteiger partial charge in [-0.1, -0.05) is 29.0 Å². The molecule has 0 saturated carbocycles. The zero-order valence-electron chi connectivity index (χ0n) is 9.24. The second-order valence-electron chi connectivity index (χ2n) is 3.35. The fraction of sp³-hybridized carbons (Fsp3) is 0.0909. The van der Waals surface area contributed by atoms with Crippen molar-refractivity contribution in [3.63, 3.8) is 0 Å². The molecule has 0 saturated heterocycles. The number of carbonyl (C=O) groups excluding carboxylic acids is 1. The van der Waals surface area contributed by atoms with Crippen LogP contribution < -0.4 is 5.73 Å². The Bertz CT molecular complexity index is 615. The molecule has 0 atom stereocenters. The monoisotopic (exact) mass is 394 g/mol. The molecule has 2 rings (SSSR count). The highest BCUT2D eigenvalue weighted by Crippen LogP contribution is 2.32. The molecule has 0 aliphatic carbocycles. The van der Waals surface area contributed by atoms with Crippen molar-refractivity contribution >= 4 is 56.5 Å². The van der Waals surface area contributed by atoms with Crippen LogP contribution in [0.3, 0.4) is 0 Å². The van der Waals surface area contributed by atoms with E-state index in [1.54, 1.807) is 6.07 Å². The van der Waals surface area contributed by atoms with E-state index in [0.717, 1.165) is 9.13 Å². The minimum atomic E-state index is -0.536. The number of nitrogen functional groups attached to an aromatic ring is 1. The fourth-order valence-corrected chi connectivity index (χ4v) is 2.66. The molecule has 1 heterocycles. The highest BCUT2D eigenvalue weighted by atomic mass is 127. The van der Waals surface area contributed by atoms with Gasteiger partial charge in [0.05, 0.1) is 12.1 Å². The summed E-state index contributed by atoms with van der Waals surface area (Å²) in [6, 6.07) is 5.56. The standard InChI is InChI=1S/C11H8ClIN2O2S/c1-17-11(16)8-9(14)18-10(15-8)5-2-3-7(13)6(12)4-5/h2-4H,14H2,1H3. The van der Waals surface area contributed by atoms with E-state index in [4.69, 9.17) is 17.3 Å². The van der Waals surface area contributed by atoms with E-state index >= 15 is 0 Å². The number of ether oxygens (including phenoxy) is 1. The Balaban J connectivity index is 2.45. The second-order valence-corrected chi connectivity index (χ2v) is 5.95. The molecule has 0 aliphatic rings. The number of anilines is 1. The van der Waals surface area contributed by atoms with Crippen LogP contribution >= 0.6 is 45.5 Å². The summed E-state index contributed by atoms with van der Waals surface area (Å²) in [5.74, 6) is -0.536. The first-order valence-corrected chi connectivity index (χ1v) is 7.10. The third kappa shape index (κ3) is 2.60. The van der Waals surface area contributed by atoms with Gasteiger partial charge in [-0.2, -0.15) is 0 Å². The van der Waals surface area contributed by atoms with Crippen LogP contribution in [0.5, 0.6) is 0 Å². The molecule has 94 valence electrons. The van der Waals surface area contributed by atoms with Crippen molar-refractivity contribution < 1.29 is 9.53 Å². The Labute approximate surface area is 126 Å². The molecule has 0 spiro atoms. The zero-order valence-corrected chi connectivity index (χ0v) is 13.0. The summed E-state index contributed by atoms with van der Waals surface area (Å²) < 4.78 is 5.56. The number of thiazole rings is 1. The number of rotatable bonds is 2.